The van der Waals surface area contributed by atoms with Crippen molar-refractivity contribution in [3.8, 4) is 0 Å². The Morgan fingerprint density at radius 1 is 0.319 bits per heavy atom. The van der Waals surface area contributed by atoms with Crippen molar-refractivity contribution in [2.24, 2.45) is 0 Å². The molecular weight excluding hydrogens is 949 g/mol. The highest BCUT2D eigenvalue weighted by Gasteiger charge is 2.19. The van der Waals surface area contributed by atoms with Crippen LogP contribution in [0.15, 0.2) is 204 Å². The molecule has 0 radical (unpaired) electrons. The first-order chi connectivity index (χ1) is 34.8. The molecule has 8 N–H and O–H groups in total. The van der Waals surface area contributed by atoms with Gasteiger partial charge in [-0.2, -0.15) is 36.8 Å². The van der Waals surface area contributed by atoms with Crippen LogP contribution in [0.5, 0.6) is 0 Å². The van der Waals surface area contributed by atoms with Crippen molar-refractivity contribution in [3.05, 3.63) is 205 Å². The molecule has 8 aromatic carbocycles. The number of fused-ring (bicyclic) bond motifs is 2. The maximum absolute atomic E-state index is 12.9. The molecule has 0 fully saturated rings. The molecule has 0 amide bonds. The van der Waals surface area contributed by atoms with Crippen molar-refractivity contribution >= 4 is 123 Å². The number of aromatic nitrogens is 4. The predicted octanol–water partition coefficient (Wildman–Crippen LogP) is 12.7. The molecular formula is C54H42N10O6S2. The molecule has 0 aliphatic rings. The summed E-state index contributed by atoms with van der Waals surface area (Å²) >= 11 is 0. The van der Waals surface area contributed by atoms with Crippen LogP contribution >= 0.6 is 0 Å². The van der Waals surface area contributed by atoms with E-state index in [2.05, 4.69) is 51.8 Å². The summed E-state index contributed by atoms with van der Waals surface area (Å²) in [6.07, 6.45) is 2.64. The molecule has 10 rings (SSSR count). The topological polar surface area (TPSA) is 232 Å². The number of hydrogen-bond donors (Lipinski definition) is 8. The third-order valence-corrected chi connectivity index (χ3v) is 12.9. The minimum atomic E-state index is -4.85. The third-order valence-electron chi connectivity index (χ3n) is 11.1. The molecule has 0 aliphatic carbocycles. The molecule has 0 unspecified atom stereocenters. The van der Waals surface area contributed by atoms with Crippen LogP contribution in [0.25, 0.3) is 33.7 Å². The van der Waals surface area contributed by atoms with Crippen LogP contribution in [-0.2, 0) is 20.2 Å². The van der Waals surface area contributed by atoms with Crippen molar-refractivity contribution in [2.45, 2.75) is 9.79 Å². The summed E-state index contributed by atoms with van der Waals surface area (Å²) in [5.41, 5.74) is 3.54. The fraction of sp³-hybridized carbons (Fsp3) is 0. The molecule has 72 heavy (non-hydrogen) atoms. The summed E-state index contributed by atoms with van der Waals surface area (Å²) in [6.45, 7) is 0. The van der Waals surface area contributed by atoms with E-state index in [1.165, 1.54) is 36.4 Å². The second-order valence-electron chi connectivity index (χ2n) is 16.3. The Hall–Kier alpha value is -9.20. The van der Waals surface area contributed by atoms with Gasteiger partial charge in [0.2, 0.25) is 11.9 Å². The Balaban J connectivity index is 0.923. The van der Waals surface area contributed by atoms with Crippen LogP contribution < -0.4 is 31.9 Å². The van der Waals surface area contributed by atoms with Crippen LogP contribution in [0.2, 0.25) is 0 Å². The maximum Gasteiger partial charge on any atom is 0.295 e. The van der Waals surface area contributed by atoms with E-state index >= 15 is 0 Å². The van der Waals surface area contributed by atoms with Crippen LogP contribution in [0.4, 0.5) is 69.3 Å². The largest absolute Gasteiger partial charge is 0.340 e. The van der Waals surface area contributed by atoms with Crippen LogP contribution in [0.1, 0.15) is 11.1 Å². The van der Waals surface area contributed by atoms with Gasteiger partial charge in [-0.15, -0.1) is 0 Å². The normalized spacial score (nSPS) is 11.6. The number of hydrogen-bond acceptors (Lipinski definition) is 14. The molecule has 18 heteroatoms. The Bertz CT molecular complexity index is 3650. The Morgan fingerprint density at radius 3 is 1.01 bits per heavy atom. The SMILES string of the molecule is O=S(=O)(O)c1cc(Nc2cc(Nc3ccccc3)nc(Nc3ccc4ccccc4c3)n2)ccc1C=Cc1ccc(Nc2cc(Nc3ccccc3)nc(Nc3ccc4ccccc4c3)n2)cc1S(=O)(=O)O. The maximum atomic E-state index is 12.9. The van der Waals surface area contributed by atoms with E-state index in [1.807, 2.05) is 146 Å². The molecule has 0 saturated carbocycles. The number of para-hydroxylation sites is 2. The van der Waals surface area contributed by atoms with Gasteiger partial charge >= 0.3 is 0 Å². The van der Waals surface area contributed by atoms with Crippen LogP contribution in [0, 0.1) is 0 Å². The summed E-state index contributed by atoms with van der Waals surface area (Å²) in [7, 11) is -9.71. The molecule has 0 aliphatic heterocycles. The van der Waals surface area contributed by atoms with Crippen molar-refractivity contribution in [1.82, 2.24) is 19.9 Å². The summed E-state index contributed by atoms with van der Waals surface area (Å²) < 4.78 is 72.6. The van der Waals surface area contributed by atoms with Crippen molar-refractivity contribution < 1.29 is 25.9 Å². The minimum absolute atomic E-state index is 0.0187. The molecule has 2 aromatic heterocycles. The lowest BCUT2D eigenvalue weighted by Crippen LogP contribution is -2.06. The number of anilines is 12. The molecule has 0 bridgehead atoms. The third kappa shape index (κ3) is 11.5. The van der Waals surface area contributed by atoms with E-state index < -0.39 is 30.0 Å². The molecule has 0 spiro atoms. The van der Waals surface area contributed by atoms with Gasteiger partial charge in [-0.25, -0.2) is 0 Å². The summed E-state index contributed by atoms with van der Waals surface area (Å²) in [5, 5.41) is 23.5. The van der Waals surface area contributed by atoms with Gasteiger partial charge in [0.15, 0.2) is 0 Å². The monoisotopic (exact) mass is 990 g/mol. The van der Waals surface area contributed by atoms with Gasteiger partial charge in [-0.05, 0) is 105 Å². The molecule has 2 heterocycles. The lowest BCUT2D eigenvalue weighted by atomic mass is 10.1. The molecule has 16 nitrogen and oxygen atoms in total. The highest BCUT2D eigenvalue weighted by Crippen LogP contribution is 2.32. The summed E-state index contributed by atoms with van der Waals surface area (Å²) in [4.78, 5) is 17.7. The summed E-state index contributed by atoms with van der Waals surface area (Å²) in [6, 6.07) is 58.1. The average Bonchev–Trinajstić information content (AvgIpc) is 3.36. The predicted molar refractivity (Wildman–Crippen MR) is 286 cm³/mol. The fourth-order valence-electron chi connectivity index (χ4n) is 7.82. The van der Waals surface area contributed by atoms with E-state index in [1.54, 1.807) is 24.3 Å². The first-order valence-corrected chi connectivity index (χ1v) is 25.1. The van der Waals surface area contributed by atoms with Gasteiger partial charge < -0.3 is 31.9 Å². The lowest BCUT2D eigenvalue weighted by Gasteiger charge is -2.14. The van der Waals surface area contributed by atoms with Crippen LogP contribution in [-0.4, -0.2) is 45.9 Å². The van der Waals surface area contributed by atoms with E-state index in [0.29, 0.717) is 11.6 Å². The summed E-state index contributed by atoms with van der Waals surface area (Å²) in [5.74, 6) is 1.89. The zero-order valence-corrected chi connectivity index (χ0v) is 39.4. The van der Waals surface area contributed by atoms with Gasteiger partial charge in [0, 0.05) is 46.3 Å². The first kappa shape index (κ1) is 46.5. The fourth-order valence-corrected chi connectivity index (χ4v) is 9.23. The first-order valence-electron chi connectivity index (χ1n) is 22.2. The number of nitrogens with one attached hydrogen (secondary N) is 6. The molecule has 356 valence electrons. The van der Waals surface area contributed by atoms with Crippen LogP contribution in [0.3, 0.4) is 0 Å². The number of rotatable bonds is 16. The zero-order chi connectivity index (χ0) is 49.7. The van der Waals surface area contributed by atoms with E-state index in [0.717, 1.165) is 44.3 Å². The Kier molecular flexibility index (Phi) is 12.9. The van der Waals surface area contributed by atoms with Crippen molar-refractivity contribution in [1.29, 1.82) is 0 Å². The van der Waals surface area contributed by atoms with E-state index in [-0.39, 0.29) is 46.0 Å². The number of benzene rings is 8. The number of nitrogens with zero attached hydrogens (tertiary/aromatic N) is 4. The second-order valence-corrected chi connectivity index (χ2v) is 19.1. The highest BCUT2D eigenvalue weighted by molar-refractivity contribution is 7.86. The molecule has 0 saturated heterocycles. The van der Waals surface area contributed by atoms with E-state index in [4.69, 9.17) is 0 Å². The van der Waals surface area contributed by atoms with Gasteiger partial charge in [-0.1, -0.05) is 121 Å². The van der Waals surface area contributed by atoms with Gasteiger partial charge in [0.1, 0.15) is 33.1 Å². The van der Waals surface area contributed by atoms with Crippen molar-refractivity contribution in [2.75, 3.05) is 31.9 Å². The smallest absolute Gasteiger partial charge is 0.295 e. The lowest BCUT2D eigenvalue weighted by molar-refractivity contribution is 0.480. The quantitative estimate of drug-likeness (QED) is 0.0332. The highest BCUT2D eigenvalue weighted by atomic mass is 32.2. The van der Waals surface area contributed by atoms with Gasteiger partial charge in [0.05, 0.1) is 0 Å². The van der Waals surface area contributed by atoms with E-state index in [9.17, 15) is 25.9 Å². The van der Waals surface area contributed by atoms with Gasteiger partial charge in [-0.3, -0.25) is 9.11 Å². The minimum Gasteiger partial charge on any atom is -0.340 e. The Labute approximate surface area is 414 Å². The molecule has 0 atom stereocenters. The second kappa shape index (κ2) is 20.0. The van der Waals surface area contributed by atoms with Gasteiger partial charge in [0.25, 0.3) is 20.2 Å². The standard InChI is InChI=1S/C54H42N10O6S2/c65-71(66,67)47-31-45(57-51-33-49(55-41-15-3-1-4-16-41)61-53(63-51)59-43-25-21-35-11-7-9-13-39(35)29-43)27-23-37(47)19-20-38-24-28-46(32-48(38)72(68,69)70)58-52-34-50(56-42-17-5-2-6-18-42)62-54(64-52)60-44-26-22-36-12-8-10-14-40(36)30-44/h1-34H,(H,65,66,67)(H,68,69,70)(H3,55,57,59,61,63)(H3,56,58,60,62,64). The zero-order valence-electron chi connectivity index (χ0n) is 37.8. The van der Waals surface area contributed by atoms with Crippen molar-refractivity contribution in [3.63, 3.8) is 0 Å². The Morgan fingerprint density at radius 2 is 0.639 bits per heavy atom. The average molecular weight is 991 g/mol. The molecule has 10 aromatic rings.